The van der Waals surface area contributed by atoms with Crippen molar-refractivity contribution in [1.29, 1.82) is 0 Å². The fourth-order valence-electron chi connectivity index (χ4n) is 1.51. The molecule has 0 radical (unpaired) electrons. The Bertz CT molecular complexity index is 453. The summed E-state index contributed by atoms with van der Waals surface area (Å²) < 4.78 is 0. The lowest BCUT2D eigenvalue weighted by molar-refractivity contribution is -0.122. The van der Waals surface area contributed by atoms with Crippen molar-refractivity contribution in [2.45, 2.75) is 52.6 Å². The van der Waals surface area contributed by atoms with E-state index in [1.54, 1.807) is 13.0 Å². The number of hydrogen-bond acceptors (Lipinski definition) is 5. The lowest BCUT2D eigenvalue weighted by Crippen LogP contribution is -2.47. The maximum atomic E-state index is 12.0. The number of nitrogens with zero attached hydrogens (tertiary/aromatic N) is 2. The molecular formula is C13H23N5O. The van der Waals surface area contributed by atoms with Crippen LogP contribution in [-0.4, -0.2) is 27.5 Å². The molecule has 106 valence electrons. The molecule has 1 heterocycles. The van der Waals surface area contributed by atoms with Gasteiger partial charge in [0.05, 0.1) is 0 Å². The number of rotatable bonds is 4. The molecule has 0 aromatic carbocycles. The highest BCUT2D eigenvalue weighted by atomic mass is 16.2. The van der Waals surface area contributed by atoms with E-state index in [-0.39, 0.29) is 11.4 Å². The van der Waals surface area contributed by atoms with E-state index < -0.39 is 6.04 Å². The molecule has 0 aliphatic rings. The molecule has 6 heteroatoms. The van der Waals surface area contributed by atoms with Crippen LogP contribution in [-0.2, 0) is 11.2 Å². The summed E-state index contributed by atoms with van der Waals surface area (Å²) in [4.78, 5) is 20.3. The molecule has 1 amide bonds. The van der Waals surface area contributed by atoms with E-state index in [1.165, 1.54) is 0 Å². The van der Waals surface area contributed by atoms with Crippen LogP contribution in [0.25, 0.3) is 0 Å². The van der Waals surface area contributed by atoms with Gasteiger partial charge in [0.2, 0.25) is 5.91 Å². The summed E-state index contributed by atoms with van der Waals surface area (Å²) >= 11 is 0. The van der Waals surface area contributed by atoms with Gasteiger partial charge in [-0.25, -0.2) is 9.97 Å². The molecule has 19 heavy (non-hydrogen) atoms. The minimum Gasteiger partial charge on any atom is -0.384 e. The van der Waals surface area contributed by atoms with Gasteiger partial charge in [0.1, 0.15) is 23.5 Å². The highest BCUT2D eigenvalue weighted by Gasteiger charge is 2.19. The van der Waals surface area contributed by atoms with E-state index in [9.17, 15) is 4.79 Å². The number of carbonyl (C=O) groups is 1. The molecule has 0 bridgehead atoms. The van der Waals surface area contributed by atoms with Gasteiger partial charge in [0, 0.05) is 18.0 Å². The number of aromatic nitrogens is 2. The van der Waals surface area contributed by atoms with Crippen LogP contribution in [0.15, 0.2) is 6.07 Å². The van der Waals surface area contributed by atoms with Crippen molar-refractivity contribution in [1.82, 2.24) is 15.3 Å². The van der Waals surface area contributed by atoms with Crippen molar-refractivity contribution in [3.05, 3.63) is 11.9 Å². The first-order chi connectivity index (χ1) is 8.71. The number of hydrogen-bond donors (Lipinski definition) is 3. The Morgan fingerprint density at radius 3 is 2.58 bits per heavy atom. The standard InChI is InChI=1S/C13H23N5O/c1-6-10-16-9(14)7-11(17-10)15-8(2)12(19)18-13(3,4)5/h7-8H,6H2,1-5H3,(H,18,19)(H3,14,15,16,17). The molecule has 0 fully saturated rings. The predicted molar refractivity (Wildman–Crippen MR) is 76.8 cm³/mol. The number of aryl methyl sites for hydroxylation is 1. The Balaban J connectivity index is 2.74. The summed E-state index contributed by atoms with van der Waals surface area (Å²) in [5.41, 5.74) is 5.44. The Hall–Kier alpha value is -1.85. The first-order valence-corrected chi connectivity index (χ1v) is 6.43. The van der Waals surface area contributed by atoms with Crippen molar-refractivity contribution < 1.29 is 4.79 Å². The normalized spacial score (nSPS) is 12.9. The van der Waals surface area contributed by atoms with Crippen LogP contribution in [0.3, 0.4) is 0 Å². The van der Waals surface area contributed by atoms with Gasteiger partial charge in [-0.2, -0.15) is 0 Å². The quantitative estimate of drug-likeness (QED) is 0.764. The molecule has 0 spiro atoms. The Kier molecular flexibility index (Phi) is 4.69. The molecular weight excluding hydrogens is 242 g/mol. The highest BCUT2D eigenvalue weighted by molar-refractivity contribution is 5.84. The van der Waals surface area contributed by atoms with Gasteiger partial charge in [0.25, 0.3) is 0 Å². The van der Waals surface area contributed by atoms with Crippen LogP contribution >= 0.6 is 0 Å². The number of nitrogens with one attached hydrogen (secondary N) is 2. The molecule has 0 aliphatic carbocycles. The second-order valence-electron chi connectivity index (χ2n) is 5.55. The van der Waals surface area contributed by atoms with Crippen LogP contribution in [0.4, 0.5) is 11.6 Å². The van der Waals surface area contributed by atoms with Gasteiger partial charge < -0.3 is 16.4 Å². The number of carbonyl (C=O) groups excluding carboxylic acids is 1. The monoisotopic (exact) mass is 265 g/mol. The van der Waals surface area contributed by atoms with Gasteiger partial charge in [0.15, 0.2) is 0 Å². The Morgan fingerprint density at radius 1 is 1.42 bits per heavy atom. The molecule has 1 unspecified atom stereocenters. The average molecular weight is 265 g/mol. The van der Waals surface area contributed by atoms with Crippen molar-refractivity contribution in [2.75, 3.05) is 11.1 Å². The van der Waals surface area contributed by atoms with Crippen LogP contribution < -0.4 is 16.4 Å². The van der Waals surface area contributed by atoms with E-state index in [2.05, 4.69) is 20.6 Å². The Labute approximate surface area is 114 Å². The van der Waals surface area contributed by atoms with Crippen LogP contribution in [0.1, 0.15) is 40.4 Å². The van der Waals surface area contributed by atoms with Crippen LogP contribution in [0, 0.1) is 0 Å². The number of nitrogen functional groups attached to an aromatic ring is 1. The molecule has 0 saturated carbocycles. The van der Waals surface area contributed by atoms with Gasteiger partial charge in [-0.3, -0.25) is 4.79 Å². The summed E-state index contributed by atoms with van der Waals surface area (Å²) in [6, 6.07) is 1.23. The van der Waals surface area contributed by atoms with Gasteiger partial charge in [-0.1, -0.05) is 6.92 Å². The minimum atomic E-state index is -0.391. The van der Waals surface area contributed by atoms with Crippen molar-refractivity contribution >= 4 is 17.5 Å². The molecule has 1 rings (SSSR count). The molecule has 1 aromatic rings. The fourth-order valence-corrected chi connectivity index (χ4v) is 1.51. The number of amides is 1. The fraction of sp³-hybridized carbons (Fsp3) is 0.615. The number of anilines is 2. The van der Waals surface area contributed by atoms with E-state index in [0.29, 0.717) is 23.9 Å². The third-order valence-electron chi connectivity index (χ3n) is 2.36. The van der Waals surface area contributed by atoms with E-state index in [4.69, 9.17) is 5.73 Å². The molecule has 1 atom stereocenters. The lowest BCUT2D eigenvalue weighted by atomic mass is 10.1. The second-order valence-corrected chi connectivity index (χ2v) is 5.55. The zero-order chi connectivity index (χ0) is 14.6. The molecule has 4 N–H and O–H groups in total. The topological polar surface area (TPSA) is 92.9 Å². The van der Waals surface area contributed by atoms with Crippen molar-refractivity contribution in [2.24, 2.45) is 0 Å². The first-order valence-electron chi connectivity index (χ1n) is 6.43. The predicted octanol–water partition coefficient (Wildman–Crippen LogP) is 1.34. The van der Waals surface area contributed by atoms with Gasteiger partial charge in [-0.15, -0.1) is 0 Å². The van der Waals surface area contributed by atoms with Crippen LogP contribution in [0.2, 0.25) is 0 Å². The summed E-state index contributed by atoms with van der Waals surface area (Å²) in [5.74, 6) is 1.55. The smallest absolute Gasteiger partial charge is 0.242 e. The summed E-state index contributed by atoms with van der Waals surface area (Å²) in [6.07, 6.45) is 0.697. The van der Waals surface area contributed by atoms with E-state index in [1.807, 2.05) is 27.7 Å². The molecule has 1 aromatic heterocycles. The molecule has 0 saturated heterocycles. The van der Waals surface area contributed by atoms with Gasteiger partial charge >= 0.3 is 0 Å². The summed E-state index contributed by atoms with van der Waals surface area (Å²) in [6.45, 7) is 9.56. The summed E-state index contributed by atoms with van der Waals surface area (Å²) in [7, 11) is 0. The molecule has 0 aliphatic heterocycles. The maximum Gasteiger partial charge on any atom is 0.242 e. The third kappa shape index (κ3) is 5.11. The largest absolute Gasteiger partial charge is 0.384 e. The Morgan fingerprint density at radius 2 is 2.05 bits per heavy atom. The van der Waals surface area contributed by atoms with Crippen molar-refractivity contribution in [3.8, 4) is 0 Å². The van der Waals surface area contributed by atoms with Crippen molar-refractivity contribution in [3.63, 3.8) is 0 Å². The minimum absolute atomic E-state index is 0.0808. The zero-order valence-corrected chi connectivity index (χ0v) is 12.2. The zero-order valence-electron chi connectivity index (χ0n) is 12.2. The average Bonchev–Trinajstić information content (AvgIpc) is 2.25. The third-order valence-corrected chi connectivity index (χ3v) is 2.36. The van der Waals surface area contributed by atoms with E-state index in [0.717, 1.165) is 0 Å². The SMILES string of the molecule is CCc1nc(N)cc(NC(C)C(=O)NC(C)(C)C)n1. The highest BCUT2D eigenvalue weighted by Crippen LogP contribution is 2.10. The molecule has 6 nitrogen and oxygen atoms in total. The summed E-state index contributed by atoms with van der Waals surface area (Å²) in [5, 5.41) is 5.94. The van der Waals surface area contributed by atoms with Crippen LogP contribution in [0.5, 0.6) is 0 Å². The van der Waals surface area contributed by atoms with E-state index >= 15 is 0 Å². The second kappa shape index (κ2) is 5.86. The van der Waals surface area contributed by atoms with Gasteiger partial charge in [-0.05, 0) is 27.7 Å². The maximum absolute atomic E-state index is 12.0. The lowest BCUT2D eigenvalue weighted by Gasteiger charge is -2.24. The first kappa shape index (κ1) is 15.2. The number of nitrogens with two attached hydrogens (primary N) is 1.